The summed E-state index contributed by atoms with van der Waals surface area (Å²) in [6, 6.07) is 13.7. The standard InChI is InChI=1S/C24H24ClN3O3S/c25-18-4-1-5-19(15-18)27-11-9-26-24(27)32-16-23(29)28-10-2-6-20(28)17-7-8-21-22(14-17)31-13-3-12-30-21/h1,4-5,7-9,11,14-15,20H,2-3,6,10,12-13,16H2. The molecule has 0 N–H and O–H groups in total. The number of aromatic nitrogens is 2. The number of hydrogen-bond donors (Lipinski definition) is 0. The van der Waals surface area contributed by atoms with Crippen molar-refractivity contribution in [3.8, 4) is 17.2 Å². The Kier molecular flexibility index (Phi) is 6.28. The Morgan fingerprint density at radius 2 is 2.00 bits per heavy atom. The van der Waals surface area contributed by atoms with Gasteiger partial charge in [0.25, 0.3) is 0 Å². The normalized spacial score (nSPS) is 17.9. The molecule has 2 aliphatic heterocycles. The topological polar surface area (TPSA) is 56.6 Å². The fourth-order valence-electron chi connectivity index (χ4n) is 4.23. The van der Waals surface area contributed by atoms with Crippen molar-refractivity contribution in [2.24, 2.45) is 0 Å². The Morgan fingerprint density at radius 1 is 1.12 bits per heavy atom. The van der Waals surface area contributed by atoms with E-state index in [9.17, 15) is 4.79 Å². The Bertz CT molecular complexity index is 1120. The van der Waals surface area contributed by atoms with Crippen LogP contribution in [0.15, 0.2) is 60.0 Å². The third-order valence-electron chi connectivity index (χ3n) is 5.75. The van der Waals surface area contributed by atoms with Gasteiger partial charge in [-0.1, -0.05) is 35.5 Å². The minimum absolute atomic E-state index is 0.0629. The van der Waals surface area contributed by atoms with Gasteiger partial charge in [0, 0.05) is 36.1 Å². The second-order valence-electron chi connectivity index (χ2n) is 7.85. The zero-order chi connectivity index (χ0) is 21.9. The van der Waals surface area contributed by atoms with Crippen LogP contribution in [0, 0.1) is 0 Å². The number of benzene rings is 2. The van der Waals surface area contributed by atoms with Crippen molar-refractivity contribution in [2.45, 2.75) is 30.5 Å². The molecule has 1 atom stereocenters. The average molecular weight is 470 g/mol. The number of imidazole rings is 1. The number of likely N-dealkylation sites (tertiary alicyclic amines) is 1. The van der Waals surface area contributed by atoms with E-state index in [1.165, 1.54) is 11.8 Å². The Morgan fingerprint density at radius 3 is 2.88 bits per heavy atom. The lowest BCUT2D eigenvalue weighted by Crippen LogP contribution is -2.32. The molecule has 3 heterocycles. The van der Waals surface area contributed by atoms with Crippen molar-refractivity contribution in [3.63, 3.8) is 0 Å². The Hall–Kier alpha value is -2.64. The first-order chi connectivity index (χ1) is 15.7. The maximum atomic E-state index is 13.2. The van der Waals surface area contributed by atoms with E-state index >= 15 is 0 Å². The maximum absolute atomic E-state index is 13.2. The summed E-state index contributed by atoms with van der Waals surface area (Å²) in [6.45, 7) is 2.09. The lowest BCUT2D eigenvalue weighted by atomic mass is 10.0. The highest BCUT2D eigenvalue weighted by Crippen LogP contribution is 2.38. The predicted octanol–water partition coefficient (Wildman–Crippen LogP) is 5.14. The highest BCUT2D eigenvalue weighted by atomic mass is 35.5. The van der Waals surface area contributed by atoms with Gasteiger partial charge in [0.2, 0.25) is 5.91 Å². The molecule has 1 unspecified atom stereocenters. The van der Waals surface area contributed by atoms with Crippen LogP contribution < -0.4 is 9.47 Å². The van der Waals surface area contributed by atoms with Gasteiger partial charge in [-0.05, 0) is 48.7 Å². The molecule has 1 amide bonds. The summed E-state index contributed by atoms with van der Waals surface area (Å²) in [5, 5.41) is 1.44. The smallest absolute Gasteiger partial charge is 0.233 e. The minimum Gasteiger partial charge on any atom is -0.490 e. The number of amides is 1. The molecule has 2 aromatic carbocycles. The van der Waals surface area contributed by atoms with E-state index in [0.29, 0.717) is 24.0 Å². The molecular formula is C24H24ClN3O3S. The summed E-state index contributed by atoms with van der Waals surface area (Å²) in [6.07, 6.45) is 6.44. The fraction of sp³-hybridized carbons (Fsp3) is 0.333. The van der Waals surface area contributed by atoms with Crippen LogP contribution in [-0.4, -0.2) is 45.9 Å². The van der Waals surface area contributed by atoms with Crippen molar-refractivity contribution >= 4 is 29.3 Å². The maximum Gasteiger partial charge on any atom is 0.233 e. The molecule has 1 aromatic heterocycles. The third-order valence-corrected chi connectivity index (χ3v) is 6.93. The minimum atomic E-state index is 0.0629. The molecule has 1 fully saturated rings. The quantitative estimate of drug-likeness (QED) is 0.484. The zero-order valence-electron chi connectivity index (χ0n) is 17.6. The molecule has 0 aliphatic carbocycles. The van der Waals surface area contributed by atoms with Gasteiger partial charge >= 0.3 is 0 Å². The zero-order valence-corrected chi connectivity index (χ0v) is 19.1. The molecule has 1 saturated heterocycles. The summed E-state index contributed by atoms with van der Waals surface area (Å²) in [5.74, 6) is 2.01. The van der Waals surface area contributed by atoms with Crippen LogP contribution in [-0.2, 0) is 4.79 Å². The number of thioether (sulfide) groups is 1. The van der Waals surface area contributed by atoms with Crippen LogP contribution in [0.1, 0.15) is 30.9 Å². The van der Waals surface area contributed by atoms with Crippen LogP contribution in [0.4, 0.5) is 0 Å². The van der Waals surface area contributed by atoms with Crippen LogP contribution >= 0.6 is 23.4 Å². The number of halogens is 1. The number of carbonyl (C=O) groups excluding carboxylic acids is 1. The number of ether oxygens (including phenoxy) is 2. The molecule has 0 spiro atoms. The monoisotopic (exact) mass is 469 g/mol. The predicted molar refractivity (Wildman–Crippen MR) is 125 cm³/mol. The van der Waals surface area contributed by atoms with E-state index in [0.717, 1.165) is 53.7 Å². The van der Waals surface area contributed by atoms with E-state index in [2.05, 4.69) is 11.1 Å². The summed E-state index contributed by atoms with van der Waals surface area (Å²) in [7, 11) is 0. The van der Waals surface area contributed by atoms with Gasteiger partial charge in [-0.25, -0.2) is 4.98 Å². The third kappa shape index (κ3) is 4.45. The molecule has 0 saturated carbocycles. The molecule has 166 valence electrons. The molecular weight excluding hydrogens is 446 g/mol. The van der Waals surface area contributed by atoms with Gasteiger partial charge in [-0.15, -0.1) is 0 Å². The van der Waals surface area contributed by atoms with Crippen molar-refractivity contribution in [1.82, 2.24) is 14.5 Å². The van der Waals surface area contributed by atoms with Crippen LogP contribution in [0.5, 0.6) is 11.5 Å². The van der Waals surface area contributed by atoms with Crippen molar-refractivity contribution in [3.05, 3.63) is 65.4 Å². The summed E-state index contributed by atoms with van der Waals surface area (Å²) >= 11 is 7.58. The molecule has 32 heavy (non-hydrogen) atoms. The number of nitrogens with zero attached hydrogens (tertiary/aromatic N) is 3. The van der Waals surface area contributed by atoms with Crippen LogP contribution in [0.25, 0.3) is 5.69 Å². The molecule has 6 nitrogen and oxygen atoms in total. The summed E-state index contributed by atoms with van der Waals surface area (Å²) in [4.78, 5) is 19.6. The number of carbonyl (C=O) groups is 1. The average Bonchev–Trinajstić information content (AvgIpc) is 3.42. The van der Waals surface area contributed by atoms with Crippen molar-refractivity contribution in [2.75, 3.05) is 25.5 Å². The molecule has 0 radical (unpaired) electrons. The Labute approximate surface area is 196 Å². The highest BCUT2D eigenvalue weighted by Gasteiger charge is 2.31. The van der Waals surface area contributed by atoms with Crippen molar-refractivity contribution < 1.29 is 14.3 Å². The van der Waals surface area contributed by atoms with E-state index in [1.54, 1.807) is 6.20 Å². The largest absolute Gasteiger partial charge is 0.490 e. The van der Waals surface area contributed by atoms with E-state index in [4.69, 9.17) is 21.1 Å². The number of rotatable bonds is 5. The lowest BCUT2D eigenvalue weighted by Gasteiger charge is -2.25. The molecule has 3 aromatic rings. The van der Waals surface area contributed by atoms with Gasteiger partial charge in [0.05, 0.1) is 25.0 Å². The highest BCUT2D eigenvalue weighted by molar-refractivity contribution is 7.99. The molecule has 5 rings (SSSR count). The van der Waals surface area contributed by atoms with Gasteiger partial charge in [-0.2, -0.15) is 0 Å². The van der Waals surface area contributed by atoms with E-state index in [1.807, 2.05) is 52.1 Å². The van der Waals surface area contributed by atoms with Crippen LogP contribution in [0.3, 0.4) is 0 Å². The molecule has 0 bridgehead atoms. The van der Waals surface area contributed by atoms with Gasteiger partial charge in [0.1, 0.15) is 0 Å². The molecule has 8 heteroatoms. The first-order valence-corrected chi connectivity index (χ1v) is 12.2. The van der Waals surface area contributed by atoms with Gasteiger partial charge < -0.3 is 14.4 Å². The first-order valence-electron chi connectivity index (χ1n) is 10.8. The van der Waals surface area contributed by atoms with Gasteiger partial charge in [0.15, 0.2) is 16.7 Å². The SMILES string of the molecule is O=C(CSc1nccn1-c1cccc(Cl)c1)N1CCCC1c1ccc2c(c1)OCCCO2. The number of fused-ring (bicyclic) bond motifs is 1. The second kappa shape index (κ2) is 9.46. The van der Waals surface area contributed by atoms with E-state index < -0.39 is 0 Å². The summed E-state index contributed by atoms with van der Waals surface area (Å²) in [5.41, 5.74) is 2.03. The second-order valence-corrected chi connectivity index (χ2v) is 9.23. The Balaban J connectivity index is 1.28. The van der Waals surface area contributed by atoms with Gasteiger partial charge in [-0.3, -0.25) is 9.36 Å². The van der Waals surface area contributed by atoms with E-state index in [-0.39, 0.29) is 11.9 Å². The lowest BCUT2D eigenvalue weighted by molar-refractivity contribution is -0.129. The fourth-order valence-corrected chi connectivity index (χ4v) is 5.27. The van der Waals surface area contributed by atoms with Crippen LogP contribution in [0.2, 0.25) is 5.02 Å². The van der Waals surface area contributed by atoms with Crippen molar-refractivity contribution in [1.29, 1.82) is 0 Å². The molecule has 2 aliphatic rings. The summed E-state index contributed by atoms with van der Waals surface area (Å²) < 4.78 is 13.6. The first kappa shape index (κ1) is 21.2. The number of hydrogen-bond acceptors (Lipinski definition) is 5.